The molecule has 0 spiro atoms. The SMILES string of the molecule is c1ccc(-c2ccc(N(c3ccc4sc5ccccc5c4c3)c3ccc(-c4ccccc4)c4c3oc3ccccc34)cc2)cc1. The molecular weight excluding hydrogens is 567 g/mol. The molecule has 7 aromatic carbocycles. The predicted octanol–water partition coefficient (Wildman–Crippen LogP) is 12.8. The molecule has 212 valence electrons. The molecule has 0 aliphatic rings. The summed E-state index contributed by atoms with van der Waals surface area (Å²) in [6, 6.07) is 58.3. The summed E-state index contributed by atoms with van der Waals surface area (Å²) < 4.78 is 9.35. The first-order valence-corrected chi connectivity index (χ1v) is 16.0. The van der Waals surface area contributed by atoms with Gasteiger partial charge in [0.05, 0.1) is 5.69 Å². The van der Waals surface area contributed by atoms with Gasteiger partial charge in [0.1, 0.15) is 5.58 Å². The smallest absolute Gasteiger partial charge is 0.160 e. The quantitative estimate of drug-likeness (QED) is 0.197. The van der Waals surface area contributed by atoms with Crippen molar-refractivity contribution in [3.63, 3.8) is 0 Å². The van der Waals surface area contributed by atoms with Crippen LogP contribution in [0.2, 0.25) is 0 Å². The van der Waals surface area contributed by atoms with Crippen LogP contribution in [0.25, 0.3) is 64.4 Å². The van der Waals surface area contributed by atoms with E-state index in [1.54, 1.807) is 0 Å². The molecule has 2 nitrogen and oxygen atoms in total. The zero-order valence-corrected chi connectivity index (χ0v) is 25.2. The minimum atomic E-state index is 0.875. The largest absolute Gasteiger partial charge is 0.454 e. The van der Waals surface area contributed by atoms with Gasteiger partial charge < -0.3 is 9.32 Å². The summed E-state index contributed by atoms with van der Waals surface area (Å²) in [5, 5.41) is 4.79. The summed E-state index contributed by atoms with van der Waals surface area (Å²) in [4.78, 5) is 2.35. The van der Waals surface area contributed by atoms with Gasteiger partial charge in [0, 0.05) is 42.3 Å². The Kier molecular flexibility index (Phi) is 6.03. The first-order valence-electron chi connectivity index (χ1n) is 15.2. The van der Waals surface area contributed by atoms with E-state index in [4.69, 9.17) is 4.42 Å². The molecule has 0 amide bonds. The van der Waals surface area contributed by atoms with E-state index in [0.717, 1.165) is 44.6 Å². The van der Waals surface area contributed by atoms with Crippen molar-refractivity contribution in [3.05, 3.63) is 164 Å². The summed E-state index contributed by atoms with van der Waals surface area (Å²) in [6.45, 7) is 0. The monoisotopic (exact) mass is 593 g/mol. The third kappa shape index (κ3) is 4.32. The van der Waals surface area contributed by atoms with Crippen LogP contribution in [0.15, 0.2) is 168 Å². The lowest BCUT2D eigenvalue weighted by Crippen LogP contribution is -2.10. The van der Waals surface area contributed by atoms with Crippen molar-refractivity contribution >= 4 is 70.5 Å². The molecule has 45 heavy (non-hydrogen) atoms. The molecular formula is C42H27NOS. The zero-order chi connectivity index (χ0) is 29.7. The lowest BCUT2D eigenvalue weighted by atomic mass is 9.98. The maximum absolute atomic E-state index is 6.77. The Hall–Kier alpha value is -5.64. The number of anilines is 3. The summed E-state index contributed by atoms with van der Waals surface area (Å²) in [6.07, 6.45) is 0. The van der Waals surface area contributed by atoms with Gasteiger partial charge in [-0.05, 0) is 70.8 Å². The predicted molar refractivity (Wildman–Crippen MR) is 192 cm³/mol. The highest BCUT2D eigenvalue weighted by atomic mass is 32.1. The lowest BCUT2D eigenvalue weighted by molar-refractivity contribution is 0.669. The molecule has 2 aromatic heterocycles. The average Bonchev–Trinajstić information content (AvgIpc) is 3.69. The van der Waals surface area contributed by atoms with E-state index in [2.05, 4.69) is 163 Å². The van der Waals surface area contributed by atoms with Crippen LogP contribution in [0.5, 0.6) is 0 Å². The highest BCUT2D eigenvalue weighted by molar-refractivity contribution is 7.25. The van der Waals surface area contributed by atoms with Gasteiger partial charge in [-0.15, -0.1) is 11.3 Å². The van der Waals surface area contributed by atoms with Gasteiger partial charge in [0.2, 0.25) is 0 Å². The third-order valence-corrected chi connectivity index (χ3v) is 9.83. The van der Waals surface area contributed by atoms with Gasteiger partial charge in [0.25, 0.3) is 0 Å². The molecule has 3 heteroatoms. The molecule has 0 unspecified atom stereocenters. The Balaban J connectivity index is 1.31. The Bertz CT molecular complexity index is 2470. The van der Waals surface area contributed by atoms with Gasteiger partial charge in [-0.25, -0.2) is 0 Å². The van der Waals surface area contributed by atoms with E-state index >= 15 is 0 Å². The first-order chi connectivity index (χ1) is 22.3. The fourth-order valence-corrected chi connectivity index (χ4v) is 7.65. The second-order valence-electron chi connectivity index (χ2n) is 11.3. The van der Waals surface area contributed by atoms with Gasteiger partial charge in [-0.3, -0.25) is 0 Å². The topological polar surface area (TPSA) is 16.4 Å². The average molecular weight is 594 g/mol. The van der Waals surface area contributed by atoms with Gasteiger partial charge >= 0.3 is 0 Å². The standard InChI is InChI=1S/C42H27NOS/c1-3-11-28(12-4-1)29-19-21-31(22-20-29)43(32-23-26-40-36(27-32)34-15-8-10-18-39(34)45-40)37-25-24-33(30-13-5-2-6-14-30)41-35-16-7-9-17-38(35)44-42(37)41/h1-27H. The first kappa shape index (κ1) is 25.8. The van der Waals surface area contributed by atoms with Crippen molar-refractivity contribution in [2.24, 2.45) is 0 Å². The number of hydrogen-bond donors (Lipinski definition) is 0. The Morgan fingerprint density at radius 3 is 1.87 bits per heavy atom. The molecule has 0 fully saturated rings. The van der Waals surface area contributed by atoms with Crippen LogP contribution in [-0.4, -0.2) is 0 Å². The van der Waals surface area contributed by atoms with E-state index < -0.39 is 0 Å². The number of furan rings is 1. The molecule has 2 heterocycles. The van der Waals surface area contributed by atoms with Crippen LogP contribution >= 0.6 is 11.3 Å². The summed E-state index contributed by atoms with van der Waals surface area (Å²) in [5.74, 6) is 0. The zero-order valence-electron chi connectivity index (χ0n) is 24.4. The molecule has 9 aromatic rings. The Labute approximate surface area is 265 Å². The second-order valence-corrected chi connectivity index (χ2v) is 12.4. The maximum Gasteiger partial charge on any atom is 0.160 e. The molecule has 0 bridgehead atoms. The fourth-order valence-electron chi connectivity index (χ4n) is 6.56. The molecule has 9 rings (SSSR count). The van der Waals surface area contributed by atoms with Crippen LogP contribution in [0.1, 0.15) is 0 Å². The summed E-state index contributed by atoms with van der Waals surface area (Å²) in [5.41, 5.74) is 9.66. The third-order valence-electron chi connectivity index (χ3n) is 8.68. The highest BCUT2D eigenvalue weighted by Gasteiger charge is 2.22. The van der Waals surface area contributed by atoms with Crippen LogP contribution in [0.3, 0.4) is 0 Å². The molecule has 0 saturated heterocycles. The van der Waals surface area contributed by atoms with Crippen LogP contribution in [0, 0.1) is 0 Å². The maximum atomic E-state index is 6.77. The summed E-state index contributed by atoms with van der Waals surface area (Å²) in [7, 11) is 0. The minimum Gasteiger partial charge on any atom is -0.454 e. The van der Waals surface area contributed by atoms with Crippen molar-refractivity contribution in [2.45, 2.75) is 0 Å². The Morgan fingerprint density at radius 2 is 1.07 bits per heavy atom. The number of benzene rings is 7. The summed E-state index contributed by atoms with van der Waals surface area (Å²) >= 11 is 1.84. The van der Waals surface area contributed by atoms with Crippen LogP contribution < -0.4 is 4.90 Å². The van der Waals surface area contributed by atoms with E-state index in [-0.39, 0.29) is 0 Å². The normalized spacial score (nSPS) is 11.6. The fraction of sp³-hybridized carbons (Fsp3) is 0. The second kappa shape index (κ2) is 10.5. The van der Waals surface area contributed by atoms with Crippen molar-refractivity contribution in [1.82, 2.24) is 0 Å². The number of thiophene rings is 1. The number of fused-ring (bicyclic) bond motifs is 6. The van der Waals surface area contributed by atoms with Gasteiger partial charge in [-0.1, -0.05) is 115 Å². The molecule has 0 saturated carbocycles. The van der Waals surface area contributed by atoms with E-state index in [1.165, 1.54) is 36.9 Å². The van der Waals surface area contributed by atoms with Crippen molar-refractivity contribution < 1.29 is 4.42 Å². The van der Waals surface area contributed by atoms with Gasteiger partial charge in [-0.2, -0.15) is 0 Å². The Morgan fingerprint density at radius 1 is 0.444 bits per heavy atom. The number of para-hydroxylation sites is 1. The lowest BCUT2D eigenvalue weighted by Gasteiger charge is -2.26. The molecule has 0 aliphatic heterocycles. The molecule has 0 atom stereocenters. The van der Waals surface area contributed by atoms with E-state index in [9.17, 15) is 0 Å². The van der Waals surface area contributed by atoms with E-state index in [1.807, 2.05) is 17.4 Å². The van der Waals surface area contributed by atoms with Gasteiger partial charge in [0.15, 0.2) is 5.58 Å². The molecule has 0 aliphatic carbocycles. The highest BCUT2D eigenvalue weighted by Crippen LogP contribution is 2.47. The van der Waals surface area contributed by atoms with Crippen LogP contribution in [-0.2, 0) is 0 Å². The molecule has 0 radical (unpaired) electrons. The van der Waals surface area contributed by atoms with E-state index in [0.29, 0.717) is 0 Å². The molecule has 0 N–H and O–H groups in total. The number of hydrogen-bond acceptors (Lipinski definition) is 3. The minimum absolute atomic E-state index is 0.875. The van der Waals surface area contributed by atoms with Crippen molar-refractivity contribution in [3.8, 4) is 22.3 Å². The number of nitrogens with zero attached hydrogens (tertiary/aromatic N) is 1. The van der Waals surface area contributed by atoms with Crippen molar-refractivity contribution in [1.29, 1.82) is 0 Å². The van der Waals surface area contributed by atoms with Crippen molar-refractivity contribution in [2.75, 3.05) is 4.90 Å². The van der Waals surface area contributed by atoms with Crippen LogP contribution in [0.4, 0.5) is 17.1 Å². The number of rotatable bonds is 5.